The number of ether oxygens (including phenoxy) is 2. The molecule has 2 saturated heterocycles. The van der Waals surface area contributed by atoms with Crippen molar-refractivity contribution in [1.82, 2.24) is 19.7 Å². The molecule has 6 rings (SSSR count). The van der Waals surface area contributed by atoms with E-state index in [0.29, 0.717) is 36.5 Å². The van der Waals surface area contributed by atoms with Crippen LogP contribution in [0, 0.1) is 0 Å². The Labute approximate surface area is 234 Å². The van der Waals surface area contributed by atoms with E-state index >= 15 is 4.39 Å². The number of carbonyl (C=O) groups excluding carboxylic acids is 1. The minimum Gasteiger partial charge on any atom is -0.379 e. The van der Waals surface area contributed by atoms with Gasteiger partial charge in [0, 0.05) is 44.5 Å². The number of rotatable bonds is 6. The van der Waals surface area contributed by atoms with Gasteiger partial charge in [0.25, 0.3) is 5.91 Å². The molecule has 4 heterocycles. The SMILES string of the molecule is C[C@H]1CN(Cc2cc3c(c(C(F)(F)F)c2)CN(c2cccc(C4([C@@H](F)c5nncn5C)COC4)c2)C3=O)CCCO1. The number of aromatic nitrogens is 3. The van der Waals surface area contributed by atoms with Crippen LogP contribution in [0.2, 0.25) is 0 Å². The van der Waals surface area contributed by atoms with E-state index < -0.39 is 29.2 Å². The van der Waals surface area contributed by atoms with Crippen LogP contribution in [0.1, 0.15) is 58.0 Å². The van der Waals surface area contributed by atoms with Crippen molar-refractivity contribution < 1.29 is 31.8 Å². The van der Waals surface area contributed by atoms with Gasteiger partial charge in [0.15, 0.2) is 12.0 Å². The van der Waals surface area contributed by atoms with Crippen molar-refractivity contribution in [1.29, 1.82) is 0 Å². The standard InChI is InChI=1S/C29H31F4N5O3/c1-18-12-37(7-4-8-41-18)13-19-9-22-23(24(10-19)29(31,32)33)14-38(27(22)39)21-6-3-5-20(11-21)28(15-40-16-28)25(30)26-35-34-17-36(26)2/h3,5-6,9-11,17-18,25H,4,7-8,12-16H2,1-2H3/t18-,25-/m0/s1. The van der Waals surface area contributed by atoms with E-state index in [0.717, 1.165) is 12.5 Å². The van der Waals surface area contributed by atoms with Crippen LogP contribution in [0.3, 0.4) is 0 Å². The number of halogens is 4. The zero-order valence-electron chi connectivity index (χ0n) is 22.8. The Kier molecular flexibility index (Phi) is 7.11. The number of fused-ring (bicyclic) bond motifs is 1. The predicted octanol–water partition coefficient (Wildman–Crippen LogP) is 4.58. The highest BCUT2D eigenvalue weighted by atomic mass is 19.4. The minimum atomic E-state index is -4.63. The van der Waals surface area contributed by atoms with Gasteiger partial charge in [0.1, 0.15) is 6.33 Å². The largest absolute Gasteiger partial charge is 0.416 e. The second kappa shape index (κ2) is 10.5. The molecule has 3 aliphatic rings. The van der Waals surface area contributed by atoms with E-state index in [9.17, 15) is 18.0 Å². The molecule has 218 valence electrons. The van der Waals surface area contributed by atoms with Gasteiger partial charge in [-0.1, -0.05) is 12.1 Å². The van der Waals surface area contributed by atoms with Crippen molar-refractivity contribution >= 4 is 11.6 Å². The molecule has 8 nitrogen and oxygen atoms in total. The fourth-order valence-corrected chi connectivity index (χ4v) is 6.04. The molecule has 1 amide bonds. The zero-order valence-corrected chi connectivity index (χ0v) is 22.8. The average molecular weight is 574 g/mol. The van der Waals surface area contributed by atoms with E-state index in [2.05, 4.69) is 15.1 Å². The van der Waals surface area contributed by atoms with Crippen LogP contribution in [0.4, 0.5) is 23.2 Å². The van der Waals surface area contributed by atoms with Gasteiger partial charge in [-0.3, -0.25) is 9.69 Å². The van der Waals surface area contributed by atoms with Crippen LogP contribution in [0.25, 0.3) is 0 Å². The summed E-state index contributed by atoms with van der Waals surface area (Å²) in [5, 5.41) is 7.70. The Morgan fingerprint density at radius 1 is 1.20 bits per heavy atom. The van der Waals surface area contributed by atoms with Crippen LogP contribution in [-0.4, -0.2) is 64.6 Å². The van der Waals surface area contributed by atoms with E-state index in [1.165, 1.54) is 15.8 Å². The lowest BCUT2D eigenvalue weighted by Gasteiger charge is -2.43. The van der Waals surface area contributed by atoms with E-state index in [4.69, 9.17) is 9.47 Å². The summed E-state index contributed by atoms with van der Waals surface area (Å²) < 4.78 is 71.3. The molecule has 0 unspecified atom stereocenters. The summed E-state index contributed by atoms with van der Waals surface area (Å²) in [5.41, 5.74) is -0.445. The summed E-state index contributed by atoms with van der Waals surface area (Å²) >= 11 is 0. The normalized spacial score (nSPS) is 21.9. The topological polar surface area (TPSA) is 72.7 Å². The van der Waals surface area contributed by atoms with Crippen molar-refractivity contribution in [2.24, 2.45) is 7.05 Å². The molecule has 41 heavy (non-hydrogen) atoms. The number of aryl methyl sites for hydroxylation is 1. The van der Waals surface area contributed by atoms with Crippen LogP contribution < -0.4 is 4.90 Å². The maximum Gasteiger partial charge on any atom is 0.416 e. The first kappa shape index (κ1) is 27.8. The fourth-order valence-electron chi connectivity index (χ4n) is 6.04. The molecule has 0 aliphatic carbocycles. The zero-order chi connectivity index (χ0) is 28.9. The molecule has 0 N–H and O–H groups in total. The van der Waals surface area contributed by atoms with Gasteiger partial charge in [-0.2, -0.15) is 13.2 Å². The highest BCUT2D eigenvalue weighted by molar-refractivity contribution is 6.10. The van der Waals surface area contributed by atoms with Crippen molar-refractivity contribution in [2.45, 2.75) is 50.3 Å². The number of carbonyl (C=O) groups is 1. The van der Waals surface area contributed by atoms with Gasteiger partial charge in [0.05, 0.1) is 36.8 Å². The molecule has 0 radical (unpaired) electrons. The summed E-state index contributed by atoms with van der Waals surface area (Å²) in [7, 11) is 1.65. The lowest BCUT2D eigenvalue weighted by atomic mass is 9.74. The average Bonchev–Trinajstić information content (AvgIpc) is 3.40. The van der Waals surface area contributed by atoms with Crippen LogP contribution >= 0.6 is 0 Å². The van der Waals surface area contributed by atoms with E-state index in [1.807, 2.05) is 6.92 Å². The molecule has 0 spiro atoms. The molecule has 0 bridgehead atoms. The maximum absolute atomic E-state index is 15.9. The van der Waals surface area contributed by atoms with Crippen LogP contribution in [0.15, 0.2) is 42.7 Å². The lowest BCUT2D eigenvalue weighted by molar-refractivity contribution is -0.138. The van der Waals surface area contributed by atoms with Gasteiger partial charge < -0.3 is 18.9 Å². The first-order valence-corrected chi connectivity index (χ1v) is 13.6. The highest BCUT2D eigenvalue weighted by Gasteiger charge is 2.51. The molecule has 1 aromatic heterocycles. The second-order valence-electron chi connectivity index (χ2n) is 11.2. The quantitative estimate of drug-likeness (QED) is 0.402. The minimum absolute atomic E-state index is 0.0274. The number of hydrogen-bond donors (Lipinski definition) is 0. The number of amides is 1. The van der Waals surface area contributed by atoms with Gasteiger partial charge in [-0.25, -0.2) is 4.39 Å². The number of alkyl halides is 4. The third-order valence-corrected chi connectivity index (χ3v) is 8.26. The Hall–Kier alpha value is -3.35. The molecule has 3 aliphatic heterocycles. The van der Waals surface area contributed by atoms with Gasteiger partial charge in [0.2, 0.25) is 0 Å². The number of anilines is 1. The first-order chi connectivity index (χ1) is 19.6. The molecule has 0 saturated carbocycles. The van der Waals surface area contributed by atoms with E-state index in [1.54, 1.807) is 37.4 Å². The Morgan fingerprint density at radius 3 is 2.68 bits per heavy atom. The van der Waals surface area contributed by atoms with Crippen LogP contribution in [0.5, 0.6) is 0 Å². The van der Waals surface area contributed by atoms with Gasteiger partial charge >= 0.3 is 6.18 Å². The Bertz CT molecular complexity index is 1450. The van der Waals surface area contributed by atoms with Crippen LogP contribution in [-0.2, 0) is 41.2 Å². The predicted molar refractivity (Wildman–Crippen MR) is 141 cm³/mol. The summed E-state index contributed by atoms with van der Waals surface area (Å²) in [5.74, 6) is -0.364. The van der Waals surface area contributed by atoms with Gasteiger partial charge in [-0.05, 0) is 54.3 Å². The van der Waals surface area contributed by atoms with Crippen molar-refractivity contribution in [3.63, 3.8) is 0 Å². The number of nitrogens with zero attached hydrogens (tertiary/aromatic N) is 5. The Morgan fingerprint density at radius 2 is 2.00 bits per heavy atom. The summed E-state index contributed by atoms with van der Waals surface area (Å²) in [6.07, 6.45) is -3.98. The molecular formula is C29H31F4N5O3. The monoisotopic (exact) mass is 573 g/mol. The highest BCUT2D eigenvalue weighted by Crippen LogP contribution is 2.47. The summed E-state index contributed by atoms with van der Waals surface area (Å²) in [4.78, 5) is 17.0. The molecule has 2 fully saturated rings. The van der Waals surface area contributed by atoms with Gasteiger partial charge in [-0.15, -0.1) is 10.2 Å². The maximum atomic E-state index is 15.9. The smallest absolute Gasteiger partial charge is 0.379 e. The van der Waals surface area contributed by atoms with Crippen molar-refractivity contribution in [2.75, 3.05) is 37.8 Å². The lowest BCUT2D eigenvalue weighted by Crippen LogP contribution is -2.50. The Balaban J connectivity index is 1.32. The van der Waals surface area contributed by atoms with E-state index in [-0.39, 0.29) is 49.4 Å². The van der Waals surface area contributed by atoms with Crippen molar-refractivity contribution in [3.05, 3.63) is 76.4 Å². The summed E-state index contributed by atoms with van der Waals surface area (Å²) in [6, 6.07) is 9.50. The molecule has 3 aromatic rings. The fraction of sp³-hybridized carbons (Fsp3) is 0.483. The van der Waals surface area contributed by atoms with Crippen molar-refractivity contribution in [3.8, 4) is 0 Å². The summed E-state index contributed by atoms with van der Waals surface area (Å²) in [6.45, 7) is 4.10. The first-order valence-electron chi connectivity index (χ1n) is 13.6. The third kappa shape index (κ3) is 5.02. The molecule has 2 aromatic carbocycles. The molecular weight excluding hydrogens is 542 g/mol. The molecule has 12 heteroatoms. The molecule has 2 atom stereocenters. The second-order valence-corrected chi connectivity index (χ2v) is 11.2. The number of hydrogen-bond acceptors (Lipinski definition) is 6. The number of benzene rings is 2. The third-order valence-electron chi connectivity index (χ3n) is 8.26.